The predicted molar refractivity (Wildman–Crippen MR) is 82.1 cm³/mol. The fraction of sp³-hybridized carbons (Fsp3) is 0.364. The van der Waals surface area contributed by atoms with Crippen molar-refractivity contribution in [1.29, 1.82) is 0 Å². The van der Waals surface area contributed by atoms with E-state index in [9.17, 15) is 0 Å². The van der Waals surface area contributed by atoms with Crippen molar-refractivity contribution in [3.05, 3.63) is 18.0 Å². The summed E-state index contributed by atoms with van der Waals surface area (Å²) in [6, 6.07) is 0.0671. The van der Waals surface area contributed by atoms with Crippen LogP contribution in [0.15, 0.2) is 12.4 Å². The van der Waals surface area contributed by atoms with Crippen LogP contribution in [-0.2, 0) is 0 Å². The molecule has 104 valence electrons. The predicted octanol–water partition coefficient (Wildman–Crippen LogP) is 2.03. The quantitative estimate of drug-likeness (QED) is 0.819. The molecule has 1 heterocycles. The highest BCUT2D eigenvalue weighted by Crippen LogP contribution is 2.23. The SMILES string of the molecule is COc1c(N)cncc1C#CC[C@H](C)N.Cl.Cl.Cl. The monoisotopic (exact) mass is 313 g/mol. The first-order chi connectivity index (χ1) is 7.15. The molecule has 0 aliphatic carbocycles. The summed E-state index contributed by atoms with van der Waals surface area (Å²) < 4.78 is 5.13. The van der Waals surface area contributed by atoms with Gasteiger partial charge in [-0.1, -0.05) is 11.8 Å². The number of pyridine rings is 1. The molecule has 0 unspecified atom stereocenters. The Bertz CT molecular complexity index is 402. The Morgan fingerprint density at radius 1 is 1.33 bits per heavy atom. The third kappa shape index (κ3) is 6.77. The number of halogens is 3. The molecule has 7 heteroatoms. The lowest BCUT2D eigenvalue weighted by Crippen LogP contribution is -2.12. The number of ether oxygens (including phenoxy) is 1. The molecular weight excluding hydrogens is 296 g/mol. The Morgan fingerprint density at radius 2 is 1.94 bits per heavy atom. The molecule has 18 heavy (non-hydrogen) atoms. The number of nitrogens with zero attached hydrogens (tertiary/aromatic N) is 1. The molecule has 0 aromatic carbocycles. The van der Waals surface area contributed by atoms with Crippen LogP contribution in [0.5, 0.6) is 5.75 Å². The van der Waals surface area contributed by atoms with Crippen LogP contribution in [-0.4, -0.2) is 18.1 Å². The van der Waals surface area contributed by atoms with Crippen molar-refractivity contribution in [2.45, 2.75) is 19.4 Å². The van der Waals surface area contributed by atoms with Crippen LogP contribution in [0, 0.1) is 11.8 Å². The Hall–Kier alpha value is -0.860. The zero-order valence-corrected chi connectivity index (χ0v) is 12.6. The van der Waals surface area contributed by atoms with E-state index in [1.165, 1.54) is 6.20 Å². The number of methoxy groups -OCH3 is 1. The summed E-state index contributed by atoms with van der Waals surface area (Å²) in [4.78, 5) is 3.95. The number of aromatic nitrogens is 1. The number of anilines is 1. The number of rotatable bonds is 2. The molecule has 0 saturated heterocycles. The Balaban J connectivity index is -0.000000750. The van der Waals surface area contributed by atoms with Gasteiger partial charge in [-0.15, -0.1) is 37.2 Å². The molecule has 0 saturated carbocycles. The highest BCUT2D eigenvalue weighted by Gasteiger charge is 2.04. The molecule has 0 spiro atoms. The topological polar surface area (TPSA) is 74.2 Å². The van der Waals surface area contributed by atoms with E-state index in [1.54, 1.807) is 13.3 Å². The fourth-order valence-corrected chi connectivity index (χ4v) is 1.09. The zero-order chi connectivity index (χ0) is 11.3. The van der Waals surface area contributed by atoms with E-state index in [0.717, 1.165) is 0 Å². The van der Waals surface area contributed by atoms with Crippen LogP contribution >= 0.6 is 37.2 Å². The van der Waals surface area contributed by atoms with Crippen molar-refractivity contribution in [3.8, 4) is 17.6 Å². The van der Waals surface area contributed by atoms with Gasteiger partial charge >= 0.3 is 0 Å². The lowest BCUT2D eigenvalue weighted by molar-refractivity contribution is 0.415. The standard InChI is InChI=1S/C11H15N3O.3ClH/c1-8(12)4-3-5-9-6-14-7-10(13)11(9)15-2;;;/h6-8H,4,12-13H2,1-2H3;3*1H/t8-;;;/m0.../s1. The van der Waals surface area contributed by atoms with Gasteiger partial charge in [-0.05, 0) is 6.92 Å². The van der Waals surface area contributed by atoms with Crippen molar-refractivity contribution < 1.29 is 4.74 Å². The Morgan fingerprint density at radius 3 is 2.44 bits per heavy atom. The maximum Gasteiger partial charge on any atom is 0.160 e. The van der Waals surface area contributed by atoms with Crippen molar-refractivity contribution in [2.75, 3.05) is 12.8 Å². The number of nitrogen functional groups attached to an aromatic ring is 1. The third-order valence-corrected chi connectivity index (χ3v) is 1.78. The third-order valence-electron chi connectivity index (χ3n) is 1.78. The minimum atomic E-state index is 0. The molecule has 0 aliphatic rings. The number of hydrogen-bond donors (Lipinski definition) is 2. The van der Waals surface area contributed by atoms with Crippen molar-refractivity contribution >= 4 is 42.9 Å². The molecule has 4 N–H and O–H groups in total. The second-order valence-corrected chi connectivity index (χ2v) is 3.29. The average Bonchev–Trinajstić information content (AvgIpc) is 2.17. The summed E-state index contributed by atoms with van der Waals surface area (Å²) in [5, 5.41) is 0. The van der Waals surface area contributed by atoms with Crippen LogP contribution in [0.3, 0.4) is 0 Å². The second-order valence-electron chi connectivity index (χ2n) is 3.29. The smallest absolute Gasteiger partial charge is 0.160 e. The normalized spacial score (nSPS) is 9.50. The minimum Gasteiger partial charge on any atom is -0.493 e. The van der Waals surface area contributed by atoms with Gasteiger partial charge in [0.25, 0.3) is 0 Å². The highest BCUT2D eigenvalue weighted by molar-refractivity contribution is 5.86. The summed E-state index contributed by atoms with van der Waals surface area (Å²) in [6.07, 6.45) is 3.80. The van der Waals surface area contributed by atoms with Crippen molar-refractivity contribution in [3.63, 3.8) is 0 Å². The first-order valence-electron chi connectivity index (χ1n) is 4.67. The van der Waals surface area contributed by atoms with Crippen LogP contribution in [0.4, 0.5) is 5.69 Å². The maximum absolute atomic E-state index is 5.68. The first kappa shape index (κ1) is 22.3. The van der Waals surface area contributed by atoms with E-state index in [4.69, 9.17) is 16.2 Å². The zero-order valence-electron chi connectivity index (χ0n) is 10.2. The molecule has 0 fully saturated rings. The summed E-state index contributed by atoms with van der Waals surface area (Å²) in [6.45, 7) is 1.91. The van der Waals surface area contributed by atoms with Gasteiger partial charge in [-0.2, -0.15) is 0 Å². The van der Waals surface area contributed by atoms with Gasteiger partial charge in [0.2, 0.25) is 0 Å². The fourth-order valence-electron chi connectivity index (χ4n) is 1.09. The van der Waals surface area contributed by atoms with E-state index >= 15 is 0 Å². The second kappa shape index (κ2) is 11.2. The molecule has 0 aliphatic heterocycles. The van der Waals surface area contributed by atoms with Gasteiger partial charge in [-0.3, -0.25) is 4.98 Å². The molecule has 4 nitrogen and oxygen atoms in total. The van der Waals surface area contributed by atoms with Gasteiger partial charge < -0.3 is 16.2 Å². The van der Waals surface area contributed by atoms with Gasteiger partial charge in [0, 0.05) is 18.7 Å². The Kier molecular flexibility index (Phi) is 13.9. The average molecular weight is 315 g/mol. The molecule has 1 atom stereocenters. The van der Waals surface area contributed by atoms with Gasteiger partial charge in [0.1, 0.15) is 0 Å². The van der Waals surface area contributed by atoms with E-state index in [0.29, 0.717) is 23.4 Å². The maximum atomic E-state index is 5.68. The van der Waals surface area contributed by atoms with Gasteiger partial charge in [-0.25, -0.2) is 0 Å². The van der Waals surface area contributed by atoms with E-state index in [-0.39, 0.29) is 43.3 Å². The van der Waals surface area contributed by atoms with E-state index in [2.05, 4.69) is 16.8 Å². The number of hydrogen-bond acceptors (Lipinski definition) is 4. The van der Waals surface area contributed by atoms with Crippen LogP contribution in [0.25, 0.3) is 0 Å². The lowest BCUT2D eigenvalue weighted by Gasteiger charge is -2.05. The van der Waals surface area contributed by atoms with Crippen LogP contribution in [0.1, 0.15) is 18.9 Å². The lowest BCUT2D eigenvalue weighted by atomic mass is 10.2. The van der Waals surface area contributed by atoms with Gasteiger partial charge in [0.15, 0.2) is 5.75 Å². The van der Waals surface area contributed by atoms with Crippen molar-refractivity contribution in [1.82, 2.24) is 4.98 Å². The molecule has 0 amide bonds. The summed E-state index contributed by atoms with van der Waals surface area (Å²) >= 11 is 0. The highest BCUT2D eigenvalue weighted by atomic mass is 35.5. The first-order valence-corrected chi connectivity index (χ1v) is 4.67. The molecule has 0 radical (unpaired) electrons. The van der Waals surface area contributed by atoms with Crippen LogP contribution in [0.2, 0.25) is 0 Å². The summed E-state index contributed by atoms with van der Waals surface area (Å²) in [5.41, 5.74) is 12.4. The number of nitrogens with two attached hydrogens (primary N) is 2. The Labute approximate surface area is 126 Å². The largest absolute Gasteiger partial charge is 0.493 e. The van der Waals surface area contributed by atoms with E-state index in [1.807, 2.05) is 6.92 Å². The summed E-state index contributed by atoms with van der Waals surface area (Å²) in [5.74, 6) is 6.46. The van der Waals surface area contributed by atoms with Crippen molar-refractivity contribution in [2.24, 2.45) is 5.73 Å². The summed E-state index contributed by atoms with van der Waals surface area (Å²) in [7, 11) is 1.56. The van der Waals surface area contributed by atoms with Crippen LogP contribution < -0.4 is 16.2 Å². The molecule has 1 aromatic rings. The van der Waals surface area contributed by atoms with Gasteiger partial charge in [0.05, 0.1) is 24.6 Å². The molecule has 1 aromatic heterocycles. The molecule has 0 bridgehead atoms. The molecule has 1 rings (SSSR count). The minimum absolute atomic E-state index is 0. The van der Waals surface area contributed by atoms with E-state index < -0.39 is 0 Å². The molecular formula is C11H18Cl3N3O.